The van der Waals surface area contributed by atoms with Crippen molar-refractivity contribution in [1.29, 1.82) is 0 Å². The van der Waals surface area contributed by atoms with E-state index in [9.17, 15) is 5.11 Å². The van der Waals surface area contributed by atoms with E-state index in [-0.39, 0.29) is 12.1 Å². The first-order valence-electron chi connectivity index (χ1n) is 8.81. The van der Waals surface area contributed by atoms with Crippen molar-refractivity contribution in [3.63, 3.8) is 0 Å². The SMILES string of the molecule is CCC1COCCN1CCC1CCCC1(CO)NC(C)C. The topological polar surface area (TPSA) is 44.7 Å². The number of hydrogen-bond acceptors (Lipinski definition) is 4. The summed E-state index contributed by atoms with van der Waals surface area (Å²) in [6.45, 7) is 10.9. The Kier molecular flexibility index (Phi) is 6.48. The summed E-state index contributed by atoms with van der Waals surface area (Å²) in [5.41, 5.74) is -0.0395. The fourth-order valence-electron chi connectivity index (χ4n) is 4.26. The second kappa shape index (κ2) is 7.91. The molecule has 1 aliphatic carbocycles. The summed E-state index contributed by atoms with van der Waals surface area (Å²) >= 11 is 0. The molecule has 2 rings (SSSR count). The van der Waals surface area contributed by atoms with Gasteiger partial charge in [0.05, 0.1) is 19.8 Å². The van der Waals surface area contributed by atoms with Crippen LogP contribution in [0.5, 0.6) is 0 Å². The highest BCUT2D eigenvalue weighted by molar-refractivity contribution is 5.00. The van der Waals surface area contributed by atoms with E-state index >= 15 is 0 Å². The van der Waals surface area contributed by atoms with Gasteiger partial charge in [0, 0.05) is 24.2 Å². The van der Waals surface area contributed by atoms with Gasteiger partial charge in [-0.25, -0.2) is 0 Å². The number of hydrogen-bond donors (Lipinski definition) is 2. The molecule has 0 aromatic carbocycles. The molecule has 124 valence electrons. The molecule has 1 saturated carbocycles. The Bertz CT molecular complexity index is 311. The van der Waals surface area contributed by atoms with Crippen LogP contribution in [-0.4, -0.2) is 60.5 Å². The zero-order valence-corrected chi connectivity index (χ0v) is 14.1. The molecule has 0 bridgehead atoms. The summed E-state index contributed by atoms with van der Waals surface area (Å²) in [5.74, 6) is 0.602. The van der Waals surface area contributed by atoms with Crippen LogP contribution in [-0.2, 0) is 4.74 Å². The van der Waals surface area contributed by atoms with Crippen LogP contribution in [0, 0.1) is 5.92 Å². The zero-order chi connectivity index (χ0) is 15.3. The standard InChI is InChI=1S/C17H34N2O2/c1-4-16-12-21-11-10-19(16)9-7-15-6-5-8-17(15,13-20)18-14(2)3/h14-16,18,20H,4-13H2,1-3H3. The molecule has 0 aromatic heterocycles. The van der Waals surface area contributed by atoms with Gasteiger partial charge in [0.25, 0.3) is 0 Å². The number of aliphatic hydroxyl groups excluding tert-OH is 1. The van der Waals surface area contributed by atoms with Crippen molar-refractivity contribution in [2.24, 2.45) is 5.92 Å². The second-order valence-corrected chi connectivity index (χ2v) is 7.16. The van der Waals surface area contributed by atoms with Crippen molar-refractivity contribution in [3.8, 4) is 0 Å². The van der Waals surface area contributed by atoms with Crippen molar-refractivity contribution in [2.45, 2.75) is 70.5 Å². The third-order valence-electron chi connectivity index (χ3n) is 5.40. The Morgan fingerprint density at radius 2 is 2.24 bits per heavy atom. The van der Waals surface area contributed by atoms with Crippen LogP contribution < -0.4 is 5.32 Å². The molecule has 1 saturated heterocycles. The van der Waals surface area contributed by atoms with Gasteiger partial charge in [-0.2, -0.15) is 0 Å². The minimum Gasteiger partial charge on any atom is -0.394 e. The molecule has 3 unspecified atom stereocenters. The molecule has 0 aromatic rings. The Hall–Kier alpha value is -0.160. The number of morpholine rings is 1. The maximum Gasteiger partial charge on any atom is 0.0622 e. The molecule has 4 nitrogen and oxygen atoms in total. The van der Waals surface area contributed by atoms with Crippen molar-refractivity contribution in [1.82, 2.24) is 10.2 Å². The number of aliphatic hydroxyl groups is 1. The fraction of sp³-hybridized carbons (Fsp3) is 1.00. The van der Waals surface area contributed by atoms with Crippen LogP contribution >= 0.6 is 0 Å². The molecule has 0 radical (unpaired) electrons. The molecule has 2 aliphatic rings. The predicted octanol–water partition coefficient (Wildman–Crippen LogP) is 2.02. The van der Waals surface area contributed by atoms with E-state index in [2.05, 4.69) is 31.0 Å². The van der Waals surface area contributed by atoms with Crippen LogP contribution in [0.2, 0.25) is 0 Å². The number of nitrogens with zero attached hydrogens (tertiary/aromatic N) is 1. The highest BCUT2D eigenvalue weighted by Gasteiger charge is 2.42. The van der Waals surface area contributed by atoms with Crippen LogP contribution in [0.15, 0.2) is 0 Å². The maximum absolute atomic E-state index is 9.97. The molecule has 2 fully saturated rings. The van der Waals surface area contributed by atoms with E-state index in [4.69, 9.17) is 4.74 Å². The predicted molar refractivity (Wildman–Crippen MR) is 86.5 cm³/mol. The average Bonchev–Trinajstić information content (AvgIpc) is 2.87. The first-order valence-corrected chi connectivity index (χ1v) is 8.81. The van der Waals surface area contributed by atoms with E-state index < -0.39 is 0 Å². The highest BCUT2D eigenvalue weighted by atomic mass is 16.5. The average molecular weight is 298 g/mol. The molecule has 21 heavy (non-hydrogen) atoms. The van der Waals surface area contributed by atoms with E-state index in [1.807, 2.05) is 0 Å². The van der Waals surface area contributed by atoms with Crippen molar-refractivity contribution < 1.29 is 9.84 Å². The van der Waals surface area contributed by atoms with Gasteiger partial charge in [-0.15, -0.1) is 0 Å². The minimum absolute atomic E-state index is 0.0395. The Labute approximate surface area is 130 Å². The Morgan fingerprint density at radius 3 is 2.90 bits per heavy atom. The molecular formula is C17H34N2O2. The van der Waals surface area contributed by atoms with E-state index in [0.717, 1.165) is 32.7 Å². The van der Waals surface area contributed by atoms with E-state index in [1.54, 1.807) is 0 Å². The smallest absolute Gasteiger partial charge is 0.0622 e. The van der Waals surface area contributed by atoms with E-state index in [0.29, 0.717) is 18.0 Å². The van der Waals surface area contributed by atoms with Gasteiger partial charge in [-0.1, -0.05) is 27.2 Å². The molecular weight excluding hydrogens is 264 g/mol. The lowest BCUT2D eigenvalue weighted by Crippen LogP contribution is -2.55. The zero-order valence-electron chi connectivity index (χ0n) is 14.1. The molecule has 4 heteroatoms. The quantitative estimate of drug-likeness (QED) is 0.755. The number of rotatable bonds is 7. The third-order valence-corrected chi connectivity index (χ3v) is 5.40. The normalized spacial score (nSPS) is 34.7. The van der Waals surface area contributed by atoms with Gasteiger partial charge in [0.2, 0.25) is 0 Å². The first kappa shape index (κ1) is 17.2. The molecule has 2 N–H and O–H groups in total. The van der Waals surface area contributed by atoms with Gasteiger partial charge < -0.3 is 15.2 Å². The minimum atomic E-state index is -0.0395. The highest BCUT2D eigenvalue weighted by Crippen LogP contribution is 2.38. The van der Waals surface area contributed by atoms with Gasteiger partial charge in [-0.05, 0) is 38.1 Å². The fourth-order valence-corrected chi connectivity index (χ4v) is 4.26. The molecule has 1 aliphatic heterocycles. The Balaban J connectivity index is 1.91. The summed E-state index contributed by atoms with van der Waals surface area (Å²) in [4.78, 5) is 2.60. The van der Waals surface area contributed by atoms with Crippen molar-refractivity contribution >= 4 is 0 Å². The van der Waals surface area contributed by atoms with Gasteiger partial charge in [0.1, 0.15) is 0 Å². The summed E-state index contributed by atoms with van der Waals surface area (Å²) in [7, 11) is 0. The van der Waals surface area contributed by atoms with Crippen LogP contribution in [0.25, 0.3) is 0 Å². The molecule has 3 atom stereocenters. The summed E-state index contributed by atoms with van der Waals surface area (Å²) in [5, 5.41) is 13.6. The monoisotopic (exact) mass is 298 g/mol. The van der Waals surface area contributed by atoms with Crippen molar-refractivity contribution in [2.75, 3.05) is 32.9 Å². The van der Waals surface area contributed by atoms with E-state index in [1.165, 1.54) is 25.7 Å². The van der Waals surface area contributed by atoms with Gasteiger partial charge in [0.15, 0.2) is 0 Å². The van der Waals surface area contributed by atoms with Gasteiger partial charge >= 0.3 is 0 Å². The molecule has 0 spiro atoms. The summed E-state index contributed by atoms with van der Waals surface area (Å²) in [6, 6.07) is 1.02. The maximum atomic E-state index is 9.97. The molecule has 0 amide bonds. The lowest BCUT2D eigenvalue weighted by Gasteiger charge is -2.40. The first-order chi connectivity index (χ1) is 10.1. The van der Waals surface area contributed by atoms with Crippen LogP contribution in [0.3, 0.4) is 0 Å². The summed E-state index contributed by atoms with van der Waals surface area (Å²) in [6.07, 6.45) is 5.97. The lowest BCUT2D eigenvalue weighted by atomic mass is 9.84. The van der Waals surface area contributed by atoms with Gasteiger partial charge in [-0.3, -0.25) is 4.90 Å². The number of nitrogens with one attached hydrogen (secondary N) is 1. The van der Waals surface area contributed by atoms with Crippen LogP contribution in [0.1, 0.15) is 52.9 Å². The summed E-state index contributed by atoms with van der Waals surface area (Å²) < 4.78 is 5.60. The third kappa shape index (κ3) is 4.19. The second-order valence-electron chi connectivity index (χ2n) is 7.16. The van der Waals surface area contributed by atoms with Crippen molar-refractivity contribution in [3.05, 3.63) is 0 Å². The largest absolute Gasteiger partial charge is 0.394 e. The Morgan fingerprint density at radius 1 is 1.43 bits per heavy atom. The lowest BCUT2D eigenvalue weighted by molar-refractivity contribution is -0.0134. The van der Waals surface area contributed by atoms with Crippen LogP contribution in [0.4, 0.5) is 0 Å². The number of ether oxygens (including phenoxy) is 1. The molecule has 1 heterocycles.